The van der Waals surface area contributed by atoms with Gasteiger partial charge in [-0.2, -0.15) is 11.3 Å². The lowest BCUT2D eigenvalue weighted by atomic mass is 10.1. The summed E-state index contributed by atoms with van der Waals surface area (Å²) in [5.74, 6) is 0. The predicted molar refractivity (Wildman–Crippen MR) is 64.2 cm³/mol. The van der Waals surface area contributed by atoms with Crippen molar-refractivity contribution in [1.29, 1.82) is 0 Å². The molecule has 3 heterocycles. The van der Waals surface area contributed by atoms with Crippen molar-refractivity contribution in [2.24, 2.45) is 0 Å². The van der Waals surface area contributed by atoms with Crippen LogP contribution in [-0.4, -0.2) is 30.1 Å². The van der Waals surface area contributed by atoms with Crippen LogP contribution in [0.4, 0.5) is 0 Å². The van der Waals surface area contributed by atoms with Gasteiger partial charge < -0.3 is 5.32 Å². The summed E-state index contributed by atoms with van der Waals surface area (Å²) in [6.07, 6.45) is 4.11. The van der Waals surface area contributed by atoms with Crippen molar-refractivity contribution in [3.05, 3.63) is 22.4 Å². The molecular weight excluding hydrogens is 204 g/mol. The summed E-state index contributed by atoms with van der Waals surface area (Å²) >= 11 is 1.81. The van der Waals surface area contributed by atoms with Gasteiger partial charge in [0.1, 0.15) is 0 Å². The molecule has 2 bridgehead atoms. The van der Waals surface area contributed by atoms with Crippen LogP contribution >= 0.6 is 11.3 Å². The van der Waals surface area contributed by atoms with E-state index < -0.39 is 0 Å². The van der Waals surface area contributed by atoms with E-state index in [4.69, 9.17) is 0 Å². The standard InChI is InChI=1S/C12H18N2S/c1-2-12-8-14(5-3-11(1)13-12)7-10-4-6-15-9-10/h4,6,9,11-13H,1-3,5,7-8H2. The molecule has 2 nitrogen and oxygen atoms in total. The van der Waals surface area contributed by atoms with Crippen molar-refractivity contribution in [2.75, 3.05) is 13.1 Å². The maximum atomic E-state index is 3.72. The topological polar surface area (TPSA) is 15.3 Å². The van der Waals surface area contributed by atoms with Crippen LogP contribution in [0.3, 0.4) is 0 Å². The van der Waals surface area contributed by atoms with E-state index in [1.165, 1.54) is 37.9 Å². The molecule has 2 aliphatic rings. The van der Waals surface area contributed by atoms with Gasteiger partial charge in [-0.3, -0.25) is 4.90 Å². The van der Waals surface area contributed by atoms with Crippen molar-refractivity contribution in [3.63, 3.8) is 0 Å². The number of nitrogens with zero attached hydrogens (tertiary/aromatic N) is 1. The van der Waals surface area contributed by atoms with Crippen LogP contribution in [0.2, 0.25) is 0 Å². The Bertz CT molecular complexity index is 309. The van der Waals surface area contributed by atoms with Crippen LogP contribution in [0, 0.1) is 0 Å². The minimum absolute atomic E-state index is 0.760. The summed E-state index contributed by atoms with van der Waals surface area (Å²) in [5, 5.41) is 8.18. The van der Waals surface area contributed by atoms with E-state index in [0.29, 0.717) is 0 Å². The first kappa shape index (κ1) is 9.82. The normalized spacial score (nSPS) is 31.7. The molecule has 0 aromatic carbocycles. The summed E-state index contributed by atoms with van der Waals surface area (Å²) in [7, 11) is 0. The second-order valence-electron chi connectivity index (χ2n) is 4.79. The van der Waals surface area contributed by atoms with Crippen molar-refractivity contribution >= 4 is 11.3 Å². The molecule has 3 rings (SSSR count). The number of likely N-dealkylation sites (tertiary alicyclic amines) is 1. The van der Waals surface area contributed by atoms with Crippen LogP contribution in [0.15, 0.2) is 16.8 Å². The zero-order chi connectivity index (χ0) is 10.1. The van der Waals surface area contributed by atoms with Gasteiger partial charge in [0.05, 0.1) is 0 Å². The third-order valence-corrected chi connectivity index (χ3v) is 4.33. The fourth-order valence-electron chi connectivity index (χ4n) is 2.80. The Labute approximate surface area is 95.3 Å². The predicted octanol–water partition coefficient (Wildman–Crippen LogP) is 2.07. The first-order valence-electron chi connectivity index (χ1n) is 5.89. The van der Waals surface area contributed by atoms with Gasteiger partial charge in [0.15, 0.2) is 0 Å². The van der Waals surface area contributed by atoms with E-state index in [1.807, 2.05) is 0 Å². The summed E-state index contributed by atoms with van der Waals surface area (Å²) in [6.45, 7) is 3.66. The molecule has 1 aromatic rings. The highest BCUT2D eigenvalue weighted by atomic mass is 32.1. The molecule has 2 aliphatic heterocycles. The molecule has 2 unspecified atom stereocenters. The maximum Gasteiger partial charge on any atom is 0.0242 e. The second kappa shape index (κ2) is 4.24. The number of hydrogen-bond donors (Lipinski definition) is 1. The van der Waals surface area contributed by atoms with E-state index in [1.54, 1.807) is 11.3 Å². The number of thiophene rings is 1. The summed E-state index contributed by atoms with van der Waals surface area (Å²) in [6, 6.07) is 3.82. The first-order chi connectivity index (χ1) is 7.40. The Morgan fingerprint density at radius 1 is 1.33 bits per heavy atom. The quantitative estimate of drug-likeness (QED) is 0.824. The summed E-state index contributed by atoms with van der Waals surface area (Å²) in [5.41, 5.74) is 1.48. The lowest BCUT2D eigenvalue weighted by Crippen LogP contribution is -2.34. The van der Waals surface area contributed by atoms with E-state index in [0.717, 1.165) is 18.6 Å². The number of rotatable bonds is 2. The van der Waals surface area contributed by atoms with Crippen LogP contribution < -0.4 is 5.32 Å². The van der Waals surface area contributed by atoms with Gasteiger partial charge in [-0.05, 0) is 41.7 Å². The summed E-state index contributed by atoms with van der Waals surface area (Å²) in [4.78, 5) is 2.61. The van der Waals surface area contributed by atoms with Gasteiger partial charge in [0, 0.05) is 31.7 Å². The summed E-state index contributed by atoms with van der Waals surface area (Å²) < 4.78 is 0. The molecule has 0 amide bonds. The molecule has 0 aliphatic carbocycles. The Morgan fingerprint density at radius 2 is 2.27 bits per heavy atom. The van der Waals surface area contributed by atoms with Gasteiger partial charge in [-0.1, -0.05) is 0 Å². The molecule has 0 radical (unpaired) electrons. The van der Waals surface area contributed by atoms with Crippen molar-refractivity contribution in [3.8, 4) is 0 Å². The van der Waals surface area contributed by atoms with Gasteiger partial charge in [-0.25, -0.2) is 0 Å². The van der Waals surface area contributed by atoms with Crippen molar-refractivity contribution < 1.29 is 0 Å². The lowest BCUT2D eigenvalue weighted by molar-refractivity contribution is 0.251. The highest BCUT2D eigenvalue weighted by molar-refractivity contribution is 7.07. The molecule has 0 spiro atoms. The molecule has 15 heavy (non-hydrogen) atoms. The third-order valence-electron chi connectivity index (χ3n) is 3.59. The Hall–Kier alpha value is -0.380. The average Bonchev–Trinajstić information content (AvgIpc) is 2.80. The number of nitrogens with one attached hydrogen (secondary N) is 1. The van der Waals surface area contributed by atoms with E-state index in [9.17, 15) is 0 Å². The van der Waals surface area contributed by atoms with Gasteiger partial charge in [0.2, 0.25) is 0 Å². The number of hydrogen-bond acceptors (Lipinski definition) is 3. The second-order valence-corrected chi connectivity index (χ2v) is 5.57. The molecule has 1 aromatic heterocycles. The Kier molecular flexibility index (Phi) is 2.77. The van der Waals surface area contributed by atoms with E-state index in [2.05, 4.69) is 27.0 Å². The molecular formula is C12H18N2S. The third kappa shape index (κ3) is 2.25. The van der Waals surface area contributed by atoms with E-state index >= 15 is 0 Å². The highest BCUT2D eigenvalue weighted by Crippen LogP contribution is 2.21. The fourth-order valence-corrected chi connectivity index (χ4v) is 3.46. The first-order valence-corrected chi connectivity index (χ1v) is 6.84. The van der Waals surface area contributed by atoms with Crippen molar-refractivity contribution in [1.82, 2.24) is 10.2 Å². The van der Waals surface area contributed by atoms with Gasteiger partial charge in [0.25, 0.3) is 0 Å². The SMILES string of the molecule is c1cc(CN2CCC3CCC(C2)N3)cs1. The molecule has 1 N–H and O–H groups in total. The zero-order valence-electron chi connectivity index (χ0n) is 8.98. The van der Waals surface area contributed by atoms with Crippen LogP contribution in [0.5, 0.6) is 0 Å². The minimum atomic E-state index is 0.760. The van der Waals surface area contributed by atoms with Gasteiger partial charge in [-0.15, -0.1) is 0 Å². The molecule has 3 heteroatoms. The minimum Gasteiger partial charge on any atom is -0.310 e. The van der Waals surface area contributed by atoms with E-state index in [-0.39, 0.29) is 0 Å². The van der Waals surface area contributed by atoms with Gasteiger partial charge >= 0.3 is 0 Å². The highest BCUT2D eigenvalue weighted by Gasteiger charge is 2.28. The zero-order valence-corrected chi connectivity index (χ0v) is 9.80. The van der Waals surface area contributed by atoms with Crippen molar-refractivity contribution in [2.45, 2.75) is 37.9 Å². The smallest absolute Gasteiger partial charge is 0.0242 e. The molecule has 0 saturated carbocycles. The lowest BCUT2D eigenvalue weighted by Gasteiger charge is -2.23. The average molecular weight is 222 g/mol. The molecule has 2 atom stereocenters. The van der Waals surface area contributed by atoms with Crippen LogP contribution in [-0.2, 0) is 6.54 Å². The van der Waals surface area contributed by atoms with Crippen LogP contribution in [0.25, 0.3) is 0 Å². The maximum absolute atomic E-state index is 3.72. The molecule has 2 fully saturated rings. The Morgan fingerprint density at radius 3 is 3.13 bits per heavy atom. The monoisotopic (exact) mass is 222 g/mol. The fraction of sp³-hybridized carbons (Fsp3) is 0.667. The van der Waals surface area contributed by atoms with Crippen LogP contribution in [0.1, 0.15) is 24.8 Å². The molecule has 82 valence electrons. The number of fused-ring (bicyclic) bond motifs is 2. The molecule has 2 saturated heterocycles. The Balaban J connectivity index is 1.62. The largest absolute Gasteiger partial charge is 0.310 e.